The molecule has 0 aromatic rings. The fourth-order valence-electron chi connectivity index (χ4n) is 0. The van der Waals surface area contributed by atoms with Crippen molar-refractivity contribution < 1.29 is 124 Å². The van der Waals surface area contributed by atoms with Gasteiger partial charge in [0.1, 0.15) is 0 Å². The van der Waals surface area contributed by atoms with Crippen LogP contribution in [-0.2, 0) is 21.1 Å². The van der Waals surface area contributed by atoms with Gasteiger partial charge in [-0.1, -0.05) is 0 Å². The summed E-state index contributed by atoms with van der Waals surface area (Å²) in [5, 5.41) is 2.74. The fourth-order valence-corrected chi connectivity index (χ4v) is 0. The standard InChI is InChI=1S/C2H4N2.Ra.Rb.W/c1-2-4-3;;;/h3H,1H3;;;/q-2;;+1;. The molecular formula is C2H4N2RaRbW-. The van der Waals surface area contributed by atoms with Gasteiger partial charge in [-0.3, -0.25) is 0 Å². The molecule has 0 heterocycles. The predicted octanol–water partition coefficient (Wildman–Crippen LogP) is -2.08. The molecule has 0 amide bonds. The van der Waals surface area contributed by atoms with Crippen molar-refractivity contribution in [1.29, 1.82) is 0 Å². The SMILES string of the molecule is C[C-]=N[NH-].[Ra].[Rb+].[W]. The Morgan fingerprint density at radius 3 is 1.71 bits per heavy atom. The Hall–Kier alpha value is 3.43. The number of nitrogens with zero attached hydrogens (tertiary/aromatic N) is 1. The van der Waals surface area contributed by atoms with Gasteiger partial charge in [-0.05, 0) is 0 Å². The Bertz CT molecular complexity index is 30.9. The van der Waals surface area contributed by atoms with Gasteiger partial charge in [0.25, 0.3) is 0 Å². The Morgan fingerprint density at radius 1 is 1.57 bits per heavy atom. The Morgan fingerprint density at radius 2 is 1.71 bits per heavy atom. The summed E-state index contributed by atoms with van der Waals surface area (Å²) in [7, 11) is 0. The molecule has 1 N–H and O–H groups in total. The van der Waals surface area contributed by atoms with Crippen LogP contribution in [0.4, 0.5) is 0 Å². The first-order valence-electron chi connectivity index (χ1n) is 0.947. The zero-order chi connectivity index (χ0) is 3.41. The van der Waals surface area contributed by atoms with Gasteiger partial charge in [-0.2, -0.15) is 6.92 Å². The molecule has 2 radical (unpaired) electrons. The third-order valence-corrected chi connectivity index (χ3v) is 0.112. The fraction of sp³-hybridized carbons (Fsp3) is 0.500. The van der Waals surface area contributed by atoms with E-state index in [4.69, 9.17) is 5.84 Å². The molecule has 0 aliphatic heterocycles. The molecule has 0 saturated heterocycles. The average Bonchev–Trinajstić information content (AvgIpc) is 1.37. The molecule has 0 saturated carbocycles. The Balaban J connectivity index is -0.0000000150. The van der Waals surface area contributed by atoms with E-state index in [1.165, 1.54) is 0 Å². The van der Waals surface area contributed by atoms with Gasteiger partial charge in [0.05, 0.1) is 0 Å². The van der Waals surface area contributed by atoms with Gasteiger partial charge in [0.15, 0.2) is 0 Å². The van der Waals surface area contributed by atoms with E-state index < -0.39 is 0 Å². The number of hydrogen-bond acceptors (Lipinski definition) is 1. The first kappa shape index (κ1) is 22.4. The van der Waals surface area contributed by atoms with E-state index in [0.29, 0.717) is 0 Å². The summed E-state index contributed by atoms with van der Waals surface area (Å²) < 4.78 is 0. The second-order valence-corrected chi connectivity index (χ2v) is 0.335. The van der Waals surface area contributed by atoms with Gasteiger partial charge in [0.2, 0.25) is 0 Å². The summed E-state index contributed by atoms with van der Waals surface area (Å²) in [5.41, 5.74) is 0. The largest absolute Gasteiger partial charge is 1.00 e. The third kappa shape index (κ3) is 26.5. The molecular weight excluding hydrogens is 547 g/mol. The molecule has 5 heteroatoms. The van der Waals surface area contributed by atoms with Crippen molar-refractivity contribution in [2.75, 3.05) is 0 Å². The zero-order valence-corrected chi connectivity index (χ0v) is 18.2. The van der Waals surface area contributed by atoms with Crippen molar-refractivity contribution in [3.63, 3.8) is 0 Å². The maximum Gasteiger partial charge on any atom is 1.00 e. The molecule has 2 nitrogen and oxygen atoms in total. The summed E-state index contributed by atoms with van der Waals surface area (Å²) in [6.45, 7) is 1.58. The van der Waals surface area contributed by atoms with Crippen LogP contribution in [0.5, 0.6) is 0 Å². The van der Waals surface area contributed by atoms with Crippen molar-refractivity contribution in [2.24, 2.45) is 5.10 Å². The van der Waals surface area contributed by atoms with Crippen molar-refractivity contribution >= 4 is 6.21 Å². The number of hydrogen-bond donors (Lipinski definition) is 0. The van der Waals surface area contributed by atoms with Crippen LogP contribution in [-0.4, -0.2) is 6.21 Å². The molecule has 0 aromatic carbocycles. The minimum atomic E-state index is 0. The zero-order valence-electron chi connectivity index (χ0n) is 4.56. The van der Waals surface area contributed by atoms with Crippen LogP contribution in [0.3, 0.4) is 0 Å². The van der Waals surface area contributed by atoms with Crippen LogP contribution >= 0.6 is 0 Å². The van der Waals surface area contributed by atoms with E-state index in [2.05, 4.69) is 11.3 Å². The van der Waals surface area contributed by atoms with Crippen molar-refractivity contribution in [2.45, 2.75) is 6.92 Å². The first-order valence-corrected chi connectivity index (χ1v) is 0.947. The van der Waals surface area contributed by atoms with Crippen molar-refractivity contribution in [3.8, 4) is 0 Å². The van der Waals surface area contributed by atoms with Crippen molar-refractivity contribution in [3.05, 3.63) is 5.84 Å². The monoisotopic (exact) mass is 551 g/mol. The maximum atomic E-state index is 5.97. The van der Waals surface area contributed by atoms with E-state index >= 15 is 0 Å². The first-order chi connectivity index (χ1) is 1.91. The van der Waals surface area contributed by atoms with Crippen LogP contribution in [0.2, 0.25) is 0 Å². The maximum absolute atomic E-state index is 5.97. The smallest absolute Gasteiger partial charge is 0.655 e. The summed E-state index contributed by atoms with van der Waals surface area (Å²) >= 11 is 0. The molecule has 0 fully saturated rings. The topological polar surface area (TPSA) is 36.2 Å². The number of rotatable bonds is 0. The Kier molecular flexibility index (Phi) is 72.8. The minimum absolute atomic E-state index is 0. The molecule has 0 aliphatic rings. The van der Waals surface area contributed by atoms with Gasteiger partial charge in [0, 0.05) is 66.1 Å². The third-order valence-electron chi connectivity index (χ3n) is 0.112. The summed E-state index contributed by atoms with van der Waals surface area (Å²) in [5.74, 6) is 5.97. The molecule has 7 heavy (non-hydrogen) atoms. The van der Waals surface area contributed by atoms with E-state index in [1.54, 1.807) is 6.92 Å². The minimum Gasteiger partial charge on any atom is -0.655 e. The van der Waals surface area contributed by atoms with Crippen LogP contribution < -0.4 is 58.2 Å². The Labute approximate surface area is 144 Å². The summed E-state index contributed by atoms with van der Waals surface area (Å²) in [6.07, 6.45) is 2.22. The second kappa shape index (κ2) is 22.7. The van der Waals surface area contributed by atoms with Gasteiger partial charge < -0.3 is 17.2 Å². The molecule has 0 rings (SSSR count). The molecule has 0 aliphatic carbocycles. The van der Waals surface area contributed by atoms with Crippen LogP contribution in [0.15, 0.2) is 5.10 Å². The van der Waals surface area contributed by atoms with Crippen LogP contribution in [0.25, 0.3) is 5.84 Å². The van der Waals surface area contributed by atoms with E-state index in [9.17, 15) is 0 Å². The van der Waals surface area contributed by atoms with Gasteiger partial charge in [-0.25, -0.2) is 0 Å². The van der Waals surface area contributed by atoms with Gasteiger partial charge in [-0.15, -0.1) is 0 Å². The molecule has 0 atom stereocenters. The van der Waals surface area contributed by atoms with Crippen LogP contribution in [0.1, 0.15) is 6.92 Å². The quantitative estimate of drug-likeness (QED) is 0.189. The van der Waals surface area contributed by atoms with Crippen LogP contribution in [0, 0.1) is 45.0 Å². The molecule has 0 bridgehead atoms. The molecule has 0 spiro atoms. The van der Waals surface area contributed by atoms with E-state index in [-0.39, 0.29) is 124 Å². The number of nitrogens with one attached hydrogen (secondary N) is 1. The second-order valence-electron chi connectivity index (χ2n) is 0.335. The van der Waals surface area contributed by atoms with Gasteiger partial charge >= 0.3 is 58.2 Å². The average molecular weight is 551 g/mol. The molecule has 32 valence electrons. The van der Waals surface area contributed by atoms with E-state index in [1.807, 2.05) is 0 Å². The summed E-state index contributed by atoms with van der Waals surface area (Å²) in [4.78, 5) is 0. The normalized spacial score (nSPS) is 5.29. The predicted molar refractivity (Wildman–Crippen MR) is 17.4 cm³/mol. The van der Waals surface area contributed by atoms with Crippen molar-refractivity contribution in [1.82, 2.24) is 0 Å². The molecule has 0 unspecified atom stereocenters. The molecule has 0 aromatic heterocycles. The van der Waals surface area contributed by atoms with E-state index in [0.717, 1.165) is 0 Å². The summed E-state index contributed by atoms with van der Waals surface area (Å²) in [6, 6.07) is 0.